The summed E-state index contributed by atoms with van der Waals surface area (Å²) in [7, 11) is 0. The molecule has 0 atom stereocenters. The highest BCUT2D eigenvalue weighted by atomic mass is 32.1. The lowest BCUT2D eigenvalue weighted by Gasteiger charge is -2.34. The van der Waals surface area contributed by atoms with E-state index in [2.05, 4.69) is 16.3 Å². The van der Waals surface area contributed by atoms with E-state index in [0.29, 0.717) is 13.1 Å². The van der Waals surface area contributed by atoms with Gasteiger partial charge in [-0.2, -0.15) is 0 Å². The summed E-state index contributed by atoms with van der Waals surface area (Å²) in [5, 5.41) is 6.02. The first-order valence-corrected chi connectivity index (χ1v) is 10.4. The van der Waals surface area contributed by atoms with E-state index in [0.717, 1.165) is 48.5 Å². The maximum absolute atomic E-state index is 12.7. The molecule has 146 valence electrons. The van der Waals surface area contributed by atoms with Crippen LogP contribution in [0.25, 0.3) is 10.9 Å². The molecular formula is C21H24N4O2S. The Hall–Kier alpha value is -2.64. The number of amides is 2. The standard InChI is InChI=1S/C21H24N4O2S/c26-20(16-25-9-7-17-4-1-2-5-18(17)25)24-13-11-23(12-14-24)10-8-22-21(27)19-6-3-15-28-19/h1-7,9,15H,8,10-14,16H2,(H,22,27). The van der Waals surface area contributed by atoms with Gasteiger partial charge in [-0.15, -0.1) is 11.3 Å². The molecule has 2 aromatic heterocycles. The van der Waals surface area contributed by atoms with Crippen molar-refractivity contribution in [3.63, 3.8) is 0 Å². The molecule has 0 aliphatic carbocycles. The molecule has 0 unspecified atom stereocenters. The largest absolute Gasteiger partial charge is 0.350 e. The number of hydrogen-bond acceptors (Lipinski definition) is 4. The summed E-state index contributed by atoms with van der Waals surface area (Å²) in [6.45, 7) is 4.96. The average Bonchev–Trinajstić information content (AvgIpc) is 3.39. The normalized spacial score (nSPS) is 15.1. The summed E-state index contributed by atoms with van der Waals surface area (Å²) in [4.78, 5) is 29.6. The molecule has 1 fully saturated rings. The van der Waals surface area contributed by atoms with Crippen LogP contribution in [0.3, 0.4) is 0 Å². The number of hydrogen-bond donors (Lipinski definition) is 1. The van der Waals surface area contributed by atoms with Crippen LogP contribution in [-0.2, 0) is 11.3 Å². The van der Waals surface area contributed by atoms with Crippen molar-refractivity contribution in [2.75, 3.05) is 39.3 Å². The average molecular weight is 397 g/mol. The number of nitrogens with zero attached hydrogens (tertiary/aromatic N) is 3. The first kappa shape index (κ1) is 18.7. The van der Waals surface area contributed by atoms with E-state index in [1.165, 1.54) is 11.3 Å². The van der Waals surface area contributed by atoms with Crippen molar-refractivity contribution < 1.29 is 9.59 Å². The lowest BCUT2D eigenvalue weighted by atomic mass is 10.2. The molecule has 3 aromatic rings. The van der Waals surface area contributed by atoms with Crippen LogP contribution in [-0.4, -0.2) is 65.4 Å². The van der Waals surface area contributed by atoms with Gasteiger partial charge in [0.05, 0.1) is 4.88 Å². The molecule has 1 N–H and O–H groups in total. The molecule has 28 heavy (non-hydrogen) atoms. The number of benzene rings is 1. The predicted molar refractivity (Wildman–Crippen MR) is 112 cm³/mol. The molecule has 0 spiro atoms. The molecule has 0 saturated carbocycles. The van der Waals surface area contributed by atoms with Crippen LogP contribution in [0.15, 0.2) is 54.0 Å². The van der Waals surface area contributed by atoms with Crippen LogP contribution in [0.4, 0.5) is 0 Å². The lowest BCUT2D eigenvalue weighted by molar-refractivity contribution is -0.133. The Morgan fingerprint density at radius 2 is 1.82 bits per heavy atom. The third-order valence-electron chi connectivity index (χ3n) is 5.17. The molecule has 3 heterocycles. The highest BCUT2D eigenvalue weighted by molar-refractivity contribution is 7.12. The maximum Gasteiger partial charge on any atom is 0.261 e. The zero-order valence-electron chi connectivity index (χ0n) is 15.7. The predicted octanol–water partition coefficient (Wildman–Crippen LogP) is 2.28. The number of fused-ring (bicyclic) bond motifs is 1. The minimum Gasteiger partial charge on any atom is -0.350 e. The van der Waals surface area contributed by atoms with Crippen LogP contribution >= 0.6 is 11.3 Å². The van der Waals surface area contributed by atoms with E-state index >= 15 is 0 Å². The summed E-state index contributed by atoms with van der Waals surface area (Å²) >= 11 is 1.45. The van der Waals surface area contributed by atoms with E-state index in [1.807, 2.05) is 57.4 Å². The molecular weight excluding hydrogens is 372 g/mol. The van der Waals surface area contributed by atoms with Gasteiger partial charge in [-0.05, 0) is 29.0 Å². The number of carbonyl (C=O) groups is 2. The lowest BCUT2D eigenvalue weighted by Crippen LogP contribution is -2.50. The molecule has 4 rings (SSSR count). The first-order valence-electron chi connectivity index (χ1n) is 9.56. The number of para-hydroxylation sites is 1. The molecule has 1 aliphatic rings. The first-order chi connectivity index (χ1) is 13.7. The van der Waals surface area contributed by atoms with Crippen molar-refractivity contribution in [1.29, 1.82) is 0 Å². The summed E-state index contributed by atoms with van der Waals surface area (Å²) in [5.74, 6) is 0.148. The van der Waals surface area contributed by atoms with Gasteiger partial charge in [0.15, 0.2) is 0 Å². The molecule has 1 saturated heterocycles. The number of thiophene rings is 1. The van der Waals surface area contributed by atoms with Gasteiger partial charge in [0.25, 0.3) is 5.91 Å². The van der Waals surface area contributed by atoms with Crippen molar-refractivity contribution in [3.8, 4) is 0 Å². The summed E-state index contributed by atoms with van der Waals surface area (Å²) in [6, 6.07) is 13.9. The third kappa shape index (κ3) is 4.26. The molecule has 0 radical (unpaired) electrons. The van der Waals surface area contributed by atoms with Crippen LogP contribution in [0.2, 0.25) is 0 Å². The Morgan fingerprint density at radius 3 is 2.61 bits per heavy atom. The summed E-state index contributed by atoms with van der Waals surface area (Å²) < 4.78 is 2.02. The van der Waals surface area contributed by atoms with Crippen LogP contribution in [0, 0.1) is 0 Å². The number of rotatable bonds is 6. The van der Waals surface area contributed by atoms with E-state index in [9.17, 15) is 9.59 Å². The number of nitrogens with one attached hydrogen (secondary N) is 1. The van der Waals surface area contributed by atoms with Crippen LogP contribution in [0.1, 0.15) is 9.67 Å². The van der Waals surface area contributed by atoms with Crippen molar-refractivity contribution in [2.45, 2.75) is 6.54 Å². The molecule has 6 nitrogen and oxygen atoms in total. The molecule has 0 bridgehead atoms. The minimum atomic E-state index is -0.0113. The van der Waals surface area contributed by atoms with Crippen molar-refractivity contribution in [3.05, 3.63) is 58.9 Å². The fourth-order valence-corrected chi connectivity index (χ4v) is 4.21. The van der Waals surface area contributed by atoms with Gasteiger partial charge in [0, 0.05) is 51.0 Å². The minimum absolute atomic E-state index is 0.0113. The van der Waals surface area contributed by atoms with Crippen LogP contribution < -0.4 is 5.32 Å². The second kappa shape index (κ2) is 8.58. The second-order valence-corrected chi connectivity index (χ2v) is 7.91. The highest BCUT2D eigenvalue weighted by Gasteiger charge is 2.21. The van der Waals surface area contributed by atoms with Gasteiger partial charge >= 0.3 is 0 Å². The number of carbonyl (C=O) groups excluding carboxylic acids is 2. The van der Waals surface area contributed by atoms with Gasteiger partial charge in [-0.3, -0.25) is 14.5 Å². The third-order valence-corrected chi connectivity index (χ3v) is 6.04. The van der Waals surface area contributed by atoms with Crippen molar-refractivity contribution >= 4 is 34.1 Å². The Kier molecular flexibility index (Phi) is 5.73. The van der Waals surface area contributed by atoms with Gasteiger partial charge in [0.1, 0.15) is 6.54 Å². The second-order valence-electron chi connectivity index (χ2n) is 6.96. The van der Waals surface area contributed by atoms with Gasteiger partial charge in [-0.25, -0.2) is 0 Å². The van der Waals surface area contributed by atoms with Crippen molar-refractivity contribution in [1.82, 2.24) is 19.7 Å². The van der Waals surface area contributed by atoms with E-state index < -0.39 is 0 Å². The quantitative estimate of drug-likeness (QED) is 0.696. The summed E-state index contributed by atoms with van der Waals surface area (Å²) in [6.07, 6.45) is 1.98. The fraction of sp³-hybridized carbons (Fsp3) is 0.333. The van der Waals surface area contributed by atoms with E-state index in [-0.39, 0.29) is 11.8 Å². The zero-order chi connectivity index (χ0) is 19.3. The van der Waals surface area contributed by atoms with Gasteiger partial charge < -0.3 is 14.8 Å². The van der Waals surface area contributed by atoms with Gasteiger partial charge in [-0.1, -0.05) is 24.3 Å². The summed E-state index contributed by atoms with van der Waals surface area (Å²) in [5.41, 5.74) is 1.09. The van der Waals surface area contributed by atoms with Crippen LogP contribution in [0.5, 0.6) is 0 Å². The molecule has 2 amide bonds. The zero-order valence-corrected chi connectivity index (χ0v) is 16.5. The highest BCUT2D eigenvalue weighted by Crippen LogP contribution is 2.15. The Bertz CT molecular complexity index is 942. The van der Waals surface area contributed by atoms with E-state index in [1.54, 1.807) is 0 Å². The smallest absolute Gasteiger partial charge is 0.261 e. The Labute approximate surface area is 168 Å². The Morgan fingerprint density at radius 1 is 1.00 bits per heavy atom. The van der Waals surface area contributed by atoms with Gasteiger partial charge in [0.2, 0.25) is 5.91 Å². The van der Waals surface area contributed by atoms with Crippen molar-refractivity contribution in [2.24, 2.45) is 0 Å². The maximum atomic E-state index is 12.7. The molecule has 1 aliphatic heterocycles. The number of aromatic nitrogens is 1. The monoisotopic (exact) mass is 396 g/mol. The number of piperazine rings is 1. The molecule has 7 heteroatoms. The Balaban J connectivity index is 1.21. The SMILES string of the molecule is O=C(NCCN1CCN(C(=O)Cn2ccc3ccccc32)CC1)c1cccs1. The fourth-order valence-electron chi connectivity index (χ4n) is 3.57. The molecule has 1 aromatic carbocycles. The van der Waals surface area contributed by atoms with E-state index in [4.69, 9.17) is 0 Å². The topological polar surface area (TPSA) is 57.6 Å².